The SMILES string of the molecule is CCOC(=O)/C(C)=C1\C=Cc2cc(Br)ccc2O1. The second kappa shape index (κ2) is 5.40. The van der Waals surface area contributed by atoms with Crippen LogP contribution in [0.15, 0.2) is 40.1 Å². The van der Waals surface area contributed by atoms with E-state index in [4.69, 9.17) is 9.47 Å². The Bertz CT molecular complexity index is 544. The number of rotatable bonds is 2. The number of hydrogen-bond acceptors (Lipinski definition) is 3. The molecule has 0 atom stereocenters. The van der Waals surface area contributed by atoms with Gasteiger partial charge in [-0.1, -0.05) is 15.9 Å². The van der Waals surface area contributed by atoms with Crippen LogP contribution < -0.4 is 4.74 Å². The van der Waals surface area contributed by atoms with E-state index in [2.05, 4.69) is 15.9 Å². The molecule has 0 saturated heterocycles. The Labute approximate surface area is 114 Å². The number of allylic oxidation sites excluding steroid dienone is 1. The van der Waals surface area contributed by atoms with Gasteiger partial charge in [0.25, 0.3) is 0 Å². The number of benzene rings is 1. The van der Waals surface area contributed by atoms with Crippen LogP contribution in [0.2, 0.25) is 0 Å². The van der Waals surface area contributed by atoms with Gasteiger partial charge in [0, 0.05) is 10.0 Å². The fourth-order valence-electron chi connectivity index (χ4n) is 1.60. The molecule has 1 aliphatic heterocycles. The van der Waals surface area contributed by atoms with Crippen molar-refractivity contribution in [2.24, 2.45) is 0 Å². The van der Waals surface area contributed by atoms with Gasteiger partial charge in [0.1, 0.15) is 11.5 Å². The predicted molar refractivity (Wildman–Crippen MR) is 73.1 cm³/mol. The Kier molecular flexibility index (Phi) is 3.87. The van der Waals surface area contributed by atoms with Crippen LogP contribution in [0.4, 0.5) is 0 Å². The van der Waals surface area contributed by atoms with Gasteiger partial charge in [-0.3, -0.25) is 0 Å². The summed E-state index contributed by atoms with van der Waals surface area (Å²) in [6.07, 6.45) is 3.70. The Morgan fingerprint density at radius 3 is 2.89 bits per heavy atom. The van der Waals surface area contributed by atoms with E-state index < -0.39 is 0 Å². The number of esters is 1. The van der Waals surface area contributed by atoms with E-state index in [9.17, 15) is 4.79 Å². The van der Waals surface area contributed by atoms with Crippen LogP contribution in [0.1, 0.15) is 19.4 Å². The molecule has 94 valence electrons. The lowest BCUT2D eigenvalue weighted by Crippen LogP contribution is -2.11. The lowest BCUT2D eigenvalue weighted by atomic mass is 10.1. The summed E-state index contributed by atoms with van der Waals surface area (Å²) in [5.41, 5.74) is 1.45. The van der Waals surface area contributed by atoms with Crippen molar-refractivity contribution in [2.75, 3.05) is 6.61 Å². The van der Waals surface area contributed by atoms with Crippen molar-refractivity contribution in [3.63, 3.8) is 0 Å². The van der Waals surface area contributed by atoms with E-state index in [-0.39, 0.29) is 5.97 Å². The standard InChI is InChI=1S/C14H13BrO3/c1-3-17-14(16)9(2)12-6-4-10-8-11(15)5-7-13(10)18-12/h4-8H,3H2,1-2H3/b12-9+. The van der Waals surface area contributed by atoms with Crippen LogP contribution in [0.3, 0.4) is 0 Å². The minimum absolute atomic E-state index is 0.349. The summed E-state index contributed by atoms with van der Waals surface area (Å²) in [5.74, 6) is 0.917. The predicted octanol–water partition coefficient (Wildman–Crippen LogP) is 3.69. The molecular weight excluding hydrogens is 296 g/mol. The van der Waals surface area contributed by atoms with Crippen molar-refractivity contribution in [3.8, 4) is 5.75 Å². The van der Waals surface area contributed by atoms with E-state index in [1.54, 1.807) is 19.9 Å². The lowest BCUT2D eigenvalue weighted by molar-refractivity contribution is -0.138. The average molecular weight is 309 g/mol. The highest BCUT2D eigenvalue weighted by atomic mass is 79.9. The third-order valence-corrected chi connectivity index (χ3v) is 3.05. The van der Waals surface area contributed by atoms with Crippen LogP contribution >= 0.6 is 15.9 Å². The Hall–Kier alpha value is -1.55. The highest BCUT2D eigenvalue weighted by molar-refractivity contribution is 9.10. The van der Waals surface area contributed by atoms with Gasteiger partial charge in [-0.25, -0.2) is 4.79 Å². The average Bonchev–Trinajstić information content (AvgIpc) is 2.37. The van der Waals surface area contributed by atoms with Gasteiger partial charge >= 0.3 is 5.97 Å². The van der Waals surface area contributed by atoms with Crippen molar-refractivity contribution in [1.82, 2.24) is 0 Å². The first-order chi connectivity index (χ1) is 8.61. The first-order valence-corrected chi connectivity index (χ1v) is 6.44. The lowest BCUT2D eigenvalue weighted by Gasteiger charge is -2.16. The van der Waals surface area contributed by atoms with Gasteiger partial charge in [-0.2, -0.15) is 0 Å². The highest BCUT2D eigenvalue weighted by Crippen LogP contribution is 2.31. The molecular formula is C14H13BrO3. The van der Waals surface area contributed by atoms with Crippen molar-refractivity contribution < 1.29 is 14.3 Å². The van der Waals surface area contributed by atoms with Crippen molar-refractivity contribution in [1.29, 1.82) is 0 Å². The number of fused-ring (bicyclic) bond motifs is 1. The molecule has 0 spiro atoms. The summed E-state index contributed by atoms with van der Waals surface area (Å²) < 4.78 is 11.6. The Balaban J connectivity index is 2.30. The zero-order valence-electron chi connectivity index (χ0n) is 10.2. The Morgan fingerprint density at radius 1 is 1.39 bits per heavy atom. The van der Waals surface area contributed by atoms with Crippen molar-refractivity contribution in [3.05, 3.63) is 45.6 Å². The number of hydrogen-bond donors (Lipinski definition) is 0. The van der Waals surface area contributed by atoms with Crippen LogP contribution in [-0.2, 0) is 9.53 Å². The van der Waals surface area contributed by atoms with Gasteiger partial charge in [0.05, 0.1) is 12.2 Å². The molecule has 0 radical (unpaired) electrons. The molecule has 3 nitrogen and oxygen atoms in total. The van der Waals surface area contributed by atoms with Gasteiger partial charge in [-0.05, 0) is 44.2 Å². The quantitative estimate of drug-likeness (QED) is 0.617. The topological polar surface area (TPSA) is 35.5 Å². The molecule has 2 rings (SSSR count). The first kappa shape index (κ1) is 12.9. The molecule has 1 aliphatic rings. The second-order valence-corrected chi connectivity index (χ2v) is 4.74. The van der Waals surface area contributed by atoms with Gasteiger partial charge in [0.15, 0.2) is 0 Å². The molecule has 1 aromatic carbocycles. The maximum Gasteiger partial charge on any atom is 0.337 e. The fraction of sp³-hybridized carbons (Fsp3) is 0.214. The third kappa shape index (κ3) is 2.64. The van der Waals surface area contributed by atoms with E-state index in [0.717, 1.165) is 15.8 Å². The summed E-state index contributed by atoms with van der Waals surface area (Å²) in [6.45, 7) is 3.83. The molecule has 0 unspecified atom stereocenters. The van der Waals surface area contributed by atoms with Crippen molar-refractivity contribution in [2.45, 2.75) is 13.8 Å². The van der Waals surface area contributed by atoms with E-state index in [1.165, 1.54) is 0 Å². The summed E-state index contributed by atoms with van der Waals surface area (Å²) in [6, 6.07) is 5.72. The van der Waals surface area contributed by atoms with Crippen LogP contribution in [0, 0.1) is 0 Å². The van der Waals surface area contributed by atoms with Crippen LogP contribution in [0.5, 0.6) is 5.75 Å². The van der Waals surface area contributed by atoms with Gasteiger partial charge < -0.3 is 9.47 Å². The molecule has 0 bridgehead atoms. The van der Waals surface area contributed by atoms with E-state index >= 15 is 0 Å². The zero-order chi connectivity index (χ0) is 13.1. The van der Waals surface area contributed by atoms with Gasteiger partial charge in [-0.15, -0.1) is 0 Å². The zero-order valence-corrected chi connectivity index (χ0v) is 11.8. The first-order valence-electron chi connectivity index (χ1n) is 5.65. The third-order valence-electron chi connectivity index (χ3n) is 2.56. The number of ether oxygens (including phenoxy) is 2. The summed E-state index contributed by atoms with van der Waals surface area (Å²) in [4.78, 5) is 11.6. The van der Waals surface area contributed by atoms with Gasteiger partial charge in [0.2, 0.25) is 0 Å². The molecule has 0 N–H and O–H groups in total. The monoisotopic (exact) mass is 308 g/mol. The highest BCUT2D eigenvalue weighted by Gasteiger charge is 2.16. The normalized spacial score (nSPS) is 15.7. The molecule has 0 saturated carbocycles. The van der Waals surface area contributed by atoms with E-state index in [1.807, 2.05) is 24.3 Å². The van der Waals surface area contributed by atoms with Crippen LogP contribution in [-0.4, -0.2) is 12.6 Å². The Morgan fingerprint density at radius 2 is 2.17 bits per heavy atom. The maximum absolute atomic E-state index is 11.6. The molecule has 0 aromatic heterocycles. The minimum Gasteiger partial charge on any atom is -0.463 e. The second-order valence-electron chi connectivity index (χ2n) is 3.83. The molecule has 18 heavy (non-hydrogen) atoms. The smallest absolute Gasteiger partial charge is 0.337 e. The largest absolute Gasteiger partial charge is 0.463 e. The fourth-order valence-corrected chi connectivity index (χ4v) is 1.98. The molecule has 0 amide bonds. The number of halogens is 1. The summed E-state index contributed by atoms with van der Waals surface area (Å²) >= 11 is 3.40. The van der Waals surface area contributed by atoms with E-state index in [0.29, 0.717) is 17.9 Å². The van der Waals surface area contributed by atoms with Crippen LogP contribution in [0.25, 0.3) is 6.08 Å². The minimum atomic E-state index is -0.349. The molecule has 1 aromatic rings. The maximum atomic E-state index is 11.6. The molecule has 4 heteroatoms. The number of carbonyl (C=O) groups excluding carboxylic acids is 1. The van der Waals surface area contributed by atoms with Crippen molar-refractivity contribution >= 4 is 28.0 Å². The molecule has 0 aliphatic carbocycles. The number of carbonyl (C=O) groups is 1. The molecule has 1 heterocycles. The summed E-state index contributed by atoms with van der Waals surface area (Å²) in [5, 5.41) is 0. The summed E-state index contributed by atoms with van der Waals surface area (Å²) in [7, 11) is 0. The molecule has 0 fully saturated rings.